The molecule has 0 aliphatic carbocycles. The summed E-state index contributed by atoms with van der Waals surface area (Å²) in [6.45, 7) is 6.30. The lowest BCUT2D eigenvalue weighted by Crippen LogP contribution is -2.23. The summed E-state index contributed by atoms with van der Waals surface area (Å²) in [6.07, 6.45) is 3.35. The Morgan fingerprint density at radius 3 is 2.43 bits per heavy atom. The largest absolute Gasteiger partial charge is 0.246 e. The van der Waals surface area contributed by atoms with E-state index in [4.69, 9.17) is 0 Å². The molecule has 78 valence electrons. The second-order valence-electron chi connectivity index (χ2n) is 3.06. The van der Waals surface area contributed by atoms with Crippen molar-refractivity contribution in [2.75, 3.05) is 12.8 Å². The first-order valence-electron chi connectivity index (χ1n) is 5.26. The summed E-state index contributed by atoms with van der Waals surface area (Å²) in [4.78, 5) is 0. The molecule has 0 aromatic heterocycles. The predicted octanol–water partition coefficient (Wildman–Crippen LogP) is 3.35. The number of nitrogens with zero attached hydrogens (tertiary/aromatic N) is 1. The van der Waals surface area contributed by atoms with Crippen molar-refractivity contribution in [2.45, 2.75) is 26.8 Å². The van der Waals surface area contributed by atoms with Crippen molar-refractivity contribution >= 4 is 11.9 Å². The second kappa shape index (κ2) is 6.10. The van der Waals surface area contributed by atoms with Gasteiger partial charge in [-0.3, -0.25) is 0 Å². The maximum absolute atomic E-state index is 2.41. The van der Waals surface area contributed by atoms with Gasteiger partial charge in [-0.15, -0.1) is 0 Å². The zero-order chi connectivity index (χ0) is 10.4. The third-order valence-electron chi connectivity index (χ3n) is 2.35. The molecule has 1 heterocycles. The smallest absolute Gasteiger partial charge is 0.0343 e. The second-order valence-corrected chi connectivity index (χ2v) is 3.95. The quantitative estimate of drug-likeness (QED) is 0.653. The van der Waals surface area contributed by atoms with Gasteiger partial charge in [0.05, 0.1) is 0 Å². The molecule has 0 bridgehead atoms. The van der Waals surface area contributed by atoms with Gasteiger partial charge in [0, 0.05) is 13.1 Å². The molecule has 0 unspecified atom stereocenters. The Morgan fingerprint density at radius 2 is 1.79 bits per heavy atom. The number of hydrogen-bond donors (Lipinski definition) is 0. The van der Waals surface area contributed by atoms with E-state index in [9.17, 15) is 0 Å². The van der Waals surface area contributed by atoms with E-state index in [2.05, 4.69) is 34.8 Å². The van der Waals surface area contributed by atoms with Crippen molar-refractivity contribution in [3.8, 4) is 0 Å². The van der Waals surface area contributed by atoms with E-state index in [0.717, 1.165) is 6.54 Å². The van der Waals surface area contributed by atoms with Gasteiger partial charge in [-0.25, -0.2) is 4.31 Å². The third-order valence-corrected chi connectivity index (χ3v) is 3.18. The Balaban J connectivity index is 0.000000461. The fraction of sp³-hybridized carbons (Fsp3) is 0.500. The Labute approximate surface area is 91.6 Å². The molecule has 0 radical (unpaired) electrons. The van der Waals surface area contributed by atoms with Gasteiger partial charge in [0.25, 0.3) is 0 Å². The number of hydrogen-bond acceptors (Lipinski definition) is 2. The Kier molecular flexibility index (Phi) is 5.05. The van der Waals surface area contributed by atoms with Crippen LogP contribution in [0.25, 0.3) is 0 Å². The van der Waals surface area contributed by atoms with Gasteiger partial charge in [-0.1, -0.05) is 50.1 Å². The molecule has 0 saturated carbocycles. The lowest BCUT2D eigenvalue weighted by molar-refractivity contribution is 0.446. The first-order valence-corrected chi connectivity index (χ1v) is 6.44. The summed E-state index contributed by atoms with van der Waals surface area (Å²) < 4.78 is 2.41. The minimum atomic E-state index is 1.11. The van der Waals surface area contributed by atoms with Crippen LogP contribution >= 0.6 is 11.9 Å². The van der Waals surface area contributed by atoms with E-state index in [-0.39, 0.29) is 0 Å². The van der Waals surface area contributed by atoms with Crippen molar-refractivity contribution in [1.29, 1.82) is 0 Å². The molecular formula is C12H19NS. The molecule has 0 atom stereocenters. The van der Waals surface area contributed by atoms with Crippen LogP contribution in [-0.4, -0.2) is 17.1 Å². The van der Waals surface area contributed by atoms with E-state index in [0.29, 0.717) is 0 Å². The number of rotatable bonds is 1. The molecule has 0 saturated heterocycles. The molecule has 0 spiro atoms. The van der Waals surface area contributed by atoms with E-state index < -0.39 is 0 Å². The van der Waals surface area contributed by atoms with Crippen molar-refractivity contribution in [1.82, 2.24) is 4.31 Å². The third kappa shape index (κ3) is 2.76. The highest BCUT2D eigenvalue weighted by molar-refractivity contribution is 7.96. The van der Waals surface area contributed by atoms with Gasteiger partial charge in [0.1, 0.15) is 0 Å². The van der Waals surface area contributed by atoms with Crippen LogP contribution in [0.2, 0.25) is 0 Å². The summed E-state index contributed by atoms with van der Waals surface area (Å²) in [5.74, 6) is 0. The molecule has 2 heteroatoms. The van der Waals surface area contributed by atoms with Crippen molar-refractivity contribution in [3.63, 3.8) is 0 Å². The molecule has 1 nitrogen and oxygen atoms in total. The van der Waals surface area contributed by atoms with Gasteiger partial charge in [-0.05, 0) is 23.8 Å². The standard InChI is InChI=1S/C10H13NS.C2H6/c1-12-11-7-6-9-4-2-3-5-10(9)8-11;1-2/h2-5H,6-8H2,1H3;1-2H3. The summed E-state index contributed by atoms with van der Waals surface area (Å²) in [6, 6.07) is 8.74. The van der Waals surface area contributed by atoms with Gasteiger partial charge in [0.15, 0.2) is 0 Å². The van der Waals surface area contributed by atoms with Crippen LogP contribution in [0, 0.1) is 0 Å². The zero-order valence-corrected chi connectivity index (χ0v) is 10.1. The normalized spacial score (nSPS) is 15.4. The topological polar surface area (TPSA) is 3.24 Å². The molecule has 2 rings (SSSR count). The fourth-order valence-electron chi connectivity index (χ4n) is 1.63. The maximum atomic E-state index is 2.41. The molecule has 1 aromatic rings. The molecule has 1 aromatic carbocycles. The lowest BCUT2D eigenvalue weighted by Gasteiger charge is -2.26. The summed E-state index contributed by atoms with van der Waals surface area (Å²) in [5, 5.41) is 0. The van der Waals surface area contributed by atoms with Gasteiger partial charge in [0.2, 0.25) is 0 Å². The average Bonchev–Trinajstić information content (AvgIpc) is 2.31. The Bertz CT molecular complexity index is 273. The maximum Gasteiger partial charge on any atom is 0.0343 e. The van der Waals surface area contributed by atoms with Gasteiger partial charge >= 0.3 is 0 Å². The first kappa shape index (κ1) is 11.6. The first-order chi connectivity index (χ1) is 6.90. The van der Waals surface area contributed by atoms with E-state index in [1.807, 2.05) is 25.8 Å². The predicted molar refractivity (Wildman–Crippen MR) is 65.4 cm³/mol. The van der Waals surface area contributed by atoms with Gasteiger partial charge in [-0.2, -0.15) is 0 Å². The summed E-state index contributed by atoms with van der Waals surface area (Å²) >= 11 is 1.84. The highest BCUT2D eigenvalue weighted by Crippen LogP contribution is 2.21. The Hall–Kier alpha value is -0.470. The van der Waals surface area contributed by atoms with Crippen LogP contribution in [0.1, 0.15) is 25.0 Å². The zero-order valence-electron chi connectivity index (χ0n) is 9.29. The summed E-state index contributed by atoms with van der Waals surface area (Å²) in [7, 11) is 0. The molecule has 0 amide bonds. The van der Waals surface area contributed by atoms with Crippen LogP contribution in [0.15, 0.2) is 24.3 Å². The van der Waals surface area contributed by atoms with Crippen molar-refractivity contribution < 1.29 is 0 Å². The lowest BCUT2D eigenvalue weighted by atomic mass is 10.0. The van der Waals surface area contributed by atoms with Crippen LogP contribution in [0.3, 0.4) is 0 Å². The van der Waals surface area contributed by atoms with E-state index >= 15 is 0 Å². The molecule has 1 aliphatic rings. The minimum absolute atomic E-state index is 1.11. The van der Waals surface area contributed by atoms with Crippen LogP contribution < -0.4 is 0 Å². The van der Waals surface area contributed by atoms with Gasteiger partial charge < -0.3 is 0 Å². The number of fused-ring (bicyclic) bond motifs is 1. The molecule has 0 fully saturated rings. The molecule has 14 heavy (non-hydrogen) atoms. The van der Waals surface area contributed by atoms with Crippen LogP contribution in [0.4, 0.5) is 0 Å². The summed E-state index contributed by atoms with van der Waals surface area (Å²) in [5.41, 5.74) is 3.03. The molecular weight excluding hydrogens is 190 g/mol. The van der Waals surface area contributed by atoms with Crippen LogP contribution in [-0.2, 0) is 13.0 Å². The molecule has 0 N–H and O–H groups in total. The molecule has 1 aliphatic heterocycles. The highest BCUT2D eigenvalue weighted by Gasteiger charge is 2.13. The van der Waals surface area contributed by atoms with E-state index in [1.54, 1.807) is 0 Å². The average molecular weight is 209 g/mol. The van der Waals surface area contributed by atoms with Crippen molar-refractivity contribution in [3.05, 3.63) is 35.4 Å². The minimum Gasteiger partial charge on any atom is -0.246 e. The Morgan fingerprint density at radius 1 is 1.14 bits per heavy atom. The van der Waals surface area contributed by atoms with E-state index in [1.165, 1.54) is 24.1 Å². The number of benzene rings is 1. The SMILES string of the molecule is CC.CSN1CCc2ccccc2C1. The fourth-order valence-corrected chi connectivity index (χ4v) is 2.17. The monoisotopic (exact) mass is 209 g/mol. The van der Waals surface area contributed by atoms with Crippen molar-refractivity contribution in [2.24, 2.45) is 0 Å². The van der Waals surface area contributed by atoms with Crippen LogP contribution in [0.5, 0.6) is 0 Å². The highest BCUT2D eigenvalue weighted by atomic mass is 32.2.